The summed E-state index contributed by atoms with van der Waals surface area (Å²) in [5.74, 6) is -0.648. The second-order valence-corrected chi connectivity index (χ2v) is 4.33. The molecule has 64 valence electrons. The molecule has 0 aromatic carbocycles. The Morgan fingerprint density at radius 3 is 1.91 bits per heavy atom. The molecule has 0 aromatic rings. The maximum Gasteiger partial charge on any atom is 0.142 e. The topological polar surface area (TPSA) is 40.1 Å². The lowest BCUT2D eigenvalue weighted by atomic mass is 10.1. The van der Waals surface area contributed by atoms with Crippen molar-refractivity contribution in [3.8, 4) is 0 Å². The lowest BCUT2D eigenvalue weighted by Crippen LogP contribution is -2.58. The van der Waals surface area contributed by atoms with Crippen LogP contribution in [0.15, 0.2) is 0 Å². The predicted molar refractivity (Wildman–Crippen MR) is 39.6 cm³/mol. The van der Waals surface area contributed by atoms with Gasteiger partial charge in [0.25, 0.3) is 0 Å². The van der Waals surface area contributed by atoms with E-state index in [4.69, 9.17) is 0 Å². The lowest BCUT2D eigenvalue weighted by Gasteiger charge is -2.36. The molecule has 0 aliphatic heterocycles. The highest BCUT2D eigenvalue weighted by Crippen LogP contribution is 2.49. The highest BCUT2D eigenvalue weighted by atomic mass is 16.4. The largest absolute Gasteiger partial charge is 0.544 e. The van der Waals surface area contributed by atoms with Crippen LogP contribution in [0, 0.1) is 5.92 Å². The van der Waals surface area contributed by atoms with Gasteiger partial charge >= 0.3 is 0 Å². The molecule has 1 fully saturated rings. The van der Waals surface area contributed by atoms with Crippen LogP contribution in [0.4, 0.5) is 0 Å². The van der Waals surface area contributed by atoms with Crippen LogP contribution in [0.5, 0.6) is 0 Å². The number of hydrogen-bond donors (Lipinski definition) is 0. The van der Waals surface area contributed by atoms with Crippen LogP contribution in [0.1, 0.15) is 13.3 Å². The molecule has 0 bridgehead atoms. The molecule has 3 nitrogen and oxygen atoms in total. The van der Waals surface area contributed by atoms with E-state index in [1.165, 1.54) is 0 Å². The normalized spacial score (nSPS) is 36.9. The predicted octanol–water partition coefficient (Wildman–Crippen LogP) is -0.779. The van der Waals surface area contributed by atoms with E-state index < -0.39 is 11.5 Å². The number of carboxylic acid groups (broad SMARTS) is 1. The Morgan fingerprint density at radius 2 is 1.91 bits per heavy atom. The molecule has 0 saturated heterocycles. The average molecular weight is 157 g/mol. The van der Waals surface area contributed by atoms with E-state index in [9.17, 15) is 9.90 Å². The molecular formula is C8H15NO2. The molecule has 1 aliphatic rings. The number of carboxylic acids is 1. The van der Waals surface area contributed by atoms with Crippen molar-refractivity contribution in [1.29, 1.82) is 0 Å². The first-order chi connectivity index (χ1) is 4.82. The maximum absolute atomic E-state index is 10.8. The number of likely N-dealkylation sites (N-methyl/N-ethyl adjacent to an activating group) is 1. The van der Waals surface area contributed by atoms with Crippen LogP contribution in [0.25, 0.3) is 0 Å². The first-order valence-corrected chi connectivity index (χ1v) is 3.85. The average Bonchev–Trinajstić information content (AvgIpc) is 2.39. The maximum atomic E-state index is 10.8. The molecule has 0 amide bonds. The van der Waals surface area contributed by atoms with Gasteiger partial charge < -0.3 is 14.4 Å². The van der Waals surface area contributed by atoms with E-state index >= 15 is 0 Å². The minimum Gasteiger partial charge on any atom is -0.544 e. The van der Waals surface area contributed by atoms with Crippen molar-refractivity contribution < 1.29 is 14.4 Å². The minimum atomic E-state index is -0.905. The summed E-state index contributed by atoms with van der Waals surface area (Å²) in [5, 5.41) is 10.8. The fourth-order valence-electron chi connectivity index (χ4n) is 1.90. The lowest BCUT2D eigenvalue weighted by molar-refractivity contribution is -0.902. The van der Waals surface area contributed by atoms with Crippen LogP contribution in [0.2, 0.25) is 0 Å². The molecule has 2 unspecified atom stereocenters. The van der Waals surface area contributed by atoms with Gasteiger partial charge in [-0.1, -0.05) is 6.92 Å². The Balaban J connectivity index is 2.89. The Hall–Kier alpha value is -0.570. The molecule has 0 heterocycles. The summed E-state index contributed by atoms with van der Waals surface area (Å²) in [6, 6.07) is 0. The molecular weight excluding hydrogens is 142 g/mol. The van der Waals surface area contributed by atoms with Gasteiger partial charge in [0.2, 0.25) is 0 Å². The van der Waals surface area contributed by atoms with E-state index in [2.05, 4.69) is 0 Å². The number of aliphatic carboxylic acids is 1. The van der Waals surface area contributed by atoms with E-state index in [0.29, 0.717) is 4.48 Å². The highest BCUT2D eigenvalue weighted by Gasteiger charge is 2.63. The van der Waals surface area contributed by atoms with Gasteiger partial charge in [-0.2, -0.15) is 0 Å². The number of nitrogens with zero attached hydrogens (tertiary/aromatic N) is 1. The second kappa shape index (κ2) is 1.97. The molecule has 1 aliphatic carbocycles. The van der Waals surface area contributed by atoms with Gasteiger partial charge in [-0.05, 0) is 0 Å². The van der Waals surface area contributed by atoms with Crippen LogP contribution in [0.3, 0.4) is 0 Å². The van der Waals surface area contributed by atoms with Crippen LogP contribution in [-0.4, -0.2) is 37.1 Å². The number of carbonyl (C=O) groups is 1. The van der Waals surface area contributed by atoms with Gasteiger partial charge in [0, 0.05) is 12.3 Å². The summed E-state index contributed by atoms with van der Waals surface area (Å²) >= 11 is 0. The van der Waals surface area contributed by atoms with Crippen molar-refractivity contribution in [3.05, 3.63) is 0 Å². The van der Waals surface area contributed by atoms with Crippen molar-refractivity contribution in [1.82, 2.24) is 0 Å². The van der Waals surface area contributed by atoms with Crippen molar-refractivity contribution in [2.75, 3.05) is 21.1 Å². The molecule has 3 heteroatoms. The summed E-state index contributed by atoms with van der Waals surface area (Å²) in [5.41, 5.74) is -0.611. The van der Waals surface area contributed by atoms with E-state index in [-0.39, 0.29) is 5.92 Å². The van der Waals surface area contributed by atoms with Crippen LogP contribution in [-0.2, 0) is 4.79 Å². The third kappa shape index (κ3) is 0.948. The first-order valence-electron chi connectivity index (χ1n) is 3.85. The summed E-state index contributed by atoms with van der Waals surface area (Å²) < 4.78 is 0.469. The summed E-state index contributed by atoms with van der Waals surface area (Å²) in [6.45, 7) is 1.96. The fourth-order valence-corrected chi connectivity index (χ4v) is 1.90. The molecule has 0 N–H and O–H groups in total. The Kier molecular flexibility index (Phi) is 1.53. The molecule has 0 aromatic heterocycles. The Labute approximate surface area is 67.2 Å². The molecule has 2 atom stereocenters. The molecule has 0 radical (unpaired) electrons. The van der Waals surface area contributed by atoms with Crippen molar-refractivity contribution in [2.45, 2.75) is 18.9 Å². The number of carbonyl (C=O) groups excluding carboxylic acids is 1. The standard InChI is InChI=1S/C8H15NO2/c1-6-5-8(6,7(10)11)9(2,3)4/h6H,5H2,1-4H3. The minimum absolute atomic E-state index is 0.257. The zero-order valence-electron chi connectivity index (χ0n) is 7.55. The number of quaternary nitrogens is 1. The van der Waals surface area contributed by atoms with Gasteiger partial charge in [-0.25, -0.2) is 0 Å². The first kappa shape index (κ1) is 8.53. The van der Waals surface area contributed by atoms with Crippen LogP contribution < -0.4 is 5.11 Å². The van der Waals surface area contributed by atoms with Gasteiger partial charge in [-0.3, -0.25) is 0 Å². The molecule has 1 rings (SSSR count). The smallest absolute Gasteiger partial charge is 0.142 e. The molecule has 0 spiro atoms. The highest BCUT2D eigenvalue weighted by molar-refractivity contribution is 5.79. The van der Waals surface area contributed by atoms with Gasteiger partial charge in [-0.15, -0.1) is 0 Å². The number of rotatable bonds is 2. The SMILES string of the molecule is CC1CC1(C(=O)[O-])[N+](C)(C)C. The third-order valence-electron chi connectivity index (χ3n) is 2.82. The summed E-state index contributed by atoms with van der Waals surface area (Å²) in [7, 11) is 5.71. The number of hydrogen-bond acceptors (Lipinski definition) is 2. The zero-order chi connectivity index (χ0) is 8.86. The van der Waals surface area contributed by atoms with Gasteiger partial charge in [0.15, 0.2) is 0 Å². The molecule has 1 saturated carbocycles. The van der Waals surface area contributed by atoms with Gasteiger partial charge in [0.05, 0.1) is 21.1 Å². The third-order valence-corrected chi connectivity index (χ3v) is 2.82. The fraction of sp³-hybridized carbons (Fsp3) is 0.875. The van der Waals surface area contributed by atoms with Crippen molar-refractivity contribution in [3.63, 3.8) is 0 Å². The zero-order valence-corrected chi connectivity index (χ0v) is 7.55. The van der Waals surface area contributed by atoms with Crippen LogP contribution >= 0.6 is 0 Å². The summed E-state index contributed by atoms with van der Waals surface area (Å²) in [6.07, 6.45) is 0.749. The van der Waals surface area contributed by atoms with Gasteiger partial charge in [0.1, 0.15) is 11.5 Å². The summed E-state index contributed by atoms with van der Waals surface area (Å²) in [4.78, 5) is 10.8. The monoisotopic (exact) mass is 157 g/mol. The van der Waals surface area contributed by atoms with Crippen molar-refractivity contribution in [2.24, 2.45) is 5.92 Å². The Morgan fingerprint density at radius 1 is 1.55 bits per heavy atom. The van der Waals surface area contributed by atoms with Crippen molar-refractivity contribution >= 4 is 5.97 Å². The quantitative estimate of drug-likeness (QED) is 0.493. The second-order valence-electron chi connectivity index (χ2n) is 4.33. The Bertz CT molecular complexity index is 195. The van der Waals surface area contributed by atoms with E-state index in [1.54, 1.807) is 0 Å². The van der Waals surface area contributed by atoms with E-state index in [0.717, 1.165) is 6.42 Å². The van der Waals surface area contributed by atoms with E-state index in [1.807, 2.05) is 28.1 Å². The molecule has 11 heavy (non-hydrogen) atoms.